The largest absolute Gasteiger partial charge is 0.507 e. The highest BCUT2D eigenvalue weighted by molar-refractivity contribution is 6.16. The second-order valence-electron chi connectivity index (χ2n) is 15.2. The van der Waals surface area contributed by atoms with Crippen molar-refractivity contribution in [1.29, 1.82) is 0 Å². The van der Waals surface area contributed by atoms with E-state index in [0.29, 0.717) is 0 Å². The number of fused-ring (bicyclic) bond motifs is 3. The second-order valence-corrected chi connectivity index (χ2v) is 15.2. The molecule has 14 atom stereocenters. The molecule has 6 N–H and O–H groups in total. The molecule has 2 fully saturated rings. The Hall–Kier alpha value is -3.09. The average Bonchev–Trinajstić information content (AvgIpc) is 3.00. The summed E-state index contributed by atoms with van der Waals surface area (Å²) in [6.07, 6.45) is 2.66. The van der Waals surface area contributed by atoms with E-state index in [1.54, 1.807) is 26.0 Å². The molecule has 2 aliphatic carbocycles. The van der Waals surface area contributed by atoms with Gasteiger partial charge in [-0.1, -0.05) is 52.8 Å². The Kier molecular flexibility index (Phi) is 7.70. The number of nitrogens with one attached hydrogen (secondary N) is 1. The summed E-state index contributed by atoms with van der Waals surface area (Å²) in [4.78, 5) is 42.5. The monoisotopic (exact) mass is 653 g/mol. The number of ether oxygens (including phenoxy) is 2. The number of aromatic hydroxyl groups is 2. The van der Waals surface area contributed by atoms with Crippen LogP contribution in [0.25, 0.3) is 0 Å². The van der Waals surface area contributed by atoms with Gasteiger partial charge in [0.25, 0.3) is 0 Å². The first kappa shape index (κ1) is 33.8. The first-order valence-corrected chi connectivity index (χ1v) is 16.5. The number of hydrogen-bond acceptors (Lipinski definition) is 10. The van der Waals surface area contributed by atoms with Crippen molar-refractivity contribution in [2.45, 2.75) is 110 Å². The van der Waals surface area contributed by atoms with Crippen molar-refractivity contribution in [2.75, 3.05) is 0 Å². The van der Waals surface area contributed by atoms with Gasteiger partial charge in [-0.3, -0.25) is 14.4 Å². The van der Waals surface area contributed by atoms with Crippen molar-refractivity contribution in [3.05, 3.63) is 46.1 Å². The van der Waals surface area contributed by atoms with Crippen LogP contribution >= 0.6 is 0 Å². The molecule has 5 aliphatic rings. The van der Waals surface area contributed by atoms with Gasteiger partial charge in [0.15, 0.2) is 11.6 Å². The fourth-order valence-electron chi connectivity index (χ4n) is 9.73. The Morgan fingerprint density at radius 2 is 1.43 bits per heavy atom. The number of allylic oxidation sites excluding steroid dienone is 2. The van der Waals surface area contributed by atoms with Crippen LogP contribution < -0.4 is 5.32 Å². The summed E-state index contributed by atoms with van der Waals surface area (Å²) in [5, 5.41) is 62.1. The quantitative estimate of drug-likeness (QED) is 0.244. The van der Waals surface area contributed by atoms with Crippen LogP contribution in [0.1, 0.15) is 87.2 Å². The molecule has 0 saturated carbocycles. The number of aliphatic hydroxyl groups is 3. The number of phenols is 2. The van der Waals surface area contributed by atoms with E-state index < -0.39 is 105 Å². The molecule has 2 saturated heterocycles. The molecule has 4 bridgehead atoms. The summed E-state index contributed by atoms with van der Waals surface area (Å²) in [5.41, 5.74) is -7.80. The van der Waals surface area contributed by atoms with Crippen LogP contribution in [-0.2, 0) is 19.9 Å². The summed E-state index contributed by atoms with van der Waals surface area (Å²) < 4.78 is 13.7. The van der Waals surface area contributed by atoms with E-state index in [1.165, 1.54) is 20.8 Å². The van der Waals surface area contributed by atoms with E-state index in [9.17, 15) is 39.9 Å². The zero-order valence-corrected chi connectivity index (χ0v) is 28.4. The van der Waals surface area contributed by atoms with Gasteiger partial charge in [0, 0.05) is 46.3 Å². The number of ketones is 2. The Labute approximate surface area is 274 Å². The first-order valence-electron chi connectivity index (χ1n) is 16.5. The van der Waals surface area contributed by atoms with Gasteiger partial charge in [-0.2, -0.15) is 0 Å². The van der Waals surface area contributed by atoms with Gasteiger partial charge >= 0.3 is 0 Å². The molecule has 0 spiro atoms. The molecule has 47 heavy (non-hydrogen) atoms. The fraction of sp³-hybridized carbons (Fsp3) is 0.639. The molecule has 0 radical (unpaired) electrons. The normalized spacial score (nSPS) is 48.0. The summed E-state index contributed by atoms with van der Waals surface area (Å²) in [6, 6.07) is -1.59. The lowest BCUT2D eigenvalue weighted by molar-refractivity contribution is -0.330. The standard InChI is InChI=1S/C36H47NO10/c1-13-11-10-12-14(2)33(43)37-31-26(41)20-22-21(25(40)15(3)24(20)39)32(42)34(8,44)30-19(7)29(47-35(31,9)36(22,30)45)18(6)28-17(5)23(38)16(4)27(13)46-28/h10-13,16-19,23,27-31,38-40,44-45H,1-9H3,(H,37,43)/b11-10-,14-12+/t13-,16+,17-,18+,19-,23-,27-,28+,29-,30-,31+,34-,35+,36?/m1/s1. The van der Waals surface area contributed by atoms with E-state index in [0.717, 1.165) is 0 Å². The van der Waals surface area contributed by atoms with E-state index >= 15 is 0 Å². The molecule has 11 heteroatoms. The van der Waals surface area contributed by atoms with Gasteiger partial charge in [-0.05, 0) is 33.6 Å². The van der Waals surface area contributed by atoms with E-state index in [-0.39, 0.29) is 34.5 Å². The summed E-state index contributed by atoms with van der Waals surface area (Å²) in [6.45, 7) is 15.1. The van der Waals surface area contributed by atoms with E-state index in [1.807, 2.05) is 33.8 Å². The summed E-state index contributed by atoms with van der Waals surface area (Å²) in [7, 11) is 0. The predicted octanol–water partition coefficient (Wildman–Crippen LogP) is 2.82. The Morgan fingerprint density at radius 3 is 2.06 bits per heavy atom. The minimum atomic E-state index is -2.37. The van der Waals surface area contributed by atoms with E-state index in [2.05, 4.69) is 5.32 Å². The third kappa shape index (κ3) is 4.19. The lowest BCUT2D eigenvalue weighted by Crippen LogP contribution is -2.80. The Bertz CT molecular complexity index is 1630. The highest BCUT2D eigenvalue weighted by Crippen LogP contribution is 2.65. The lowest BCUT2D eigenvalue weighted by Gasteiger charge is -2.66. The molecule has 0 aromatic heterocycles. The van der Waals surface area contributed by atoms with Crippen molar-refractivity contribution < 1.29 is 49.4 Å². The number of benzene rings is 1. The minimum absolute atomic E-state index is 0.154. The molecule has 1 amide bonds. The summed E-state index contributed by atoms with van der Waals surface area (Å²) >= 11 is 0. The van der Waals surface area contributed by atoms with Crippen molar-refractivity contribution in [2.24, 2.45) is 35.5 Å². The van der Waals surface area contributed by atoms with Gasteiger partial charge in [-0.25, -0.2) is 0 Å². The molecular weight excluding hydrogens is 606 g/mol. The molecule has 6 rings (SSSR count). The van der Waals surface area contributed by atoms with Crippen LogP contribution in [0.15, 0.2) is 23.8 Å². The number of hydrogen-bond donors (Lipinski definition) is 6. The maximum atomic E-state index is 14.6. The van der Waals surface area contributed by atoms with Crippen LogP contribution in [0.5, 0.6) is 11.5 Å². The zero-order valence-electron chi connectivity index (χ0n) is 28.4. The SMILES string of the molecule is C/C1=C\C=C/[C@@H](C)[C@H]2O[C@H]([C@H](C)[C@H]3O[C@@]4(C)[C@@H](NC1=O)C(=O)c1c(O)c(C)c(O)c5c1C4(O)[C@H]([C@@H]3C)[C@@](C)(O)C5=O)[C@H](C)[C@H](O)[C@@H]2C. The van der Waals surface area contributed by atoms with Crippen molar-refractivity contribution >= 4 is 17.5 Å². The predicted molar refractivity (Wildman–Crippen MR) is 170 cm³/mol. The second kappa shape index (κ2) is 10.7. The smallest absolute Gasteiger partial charge is 0.247 e. The van der Waals surface area contributed by atoms with Gasteiger partial charge in [-0.15, -0.1) is 0 Å². The van der Waals surface area contributed by atoms with Crippen molar-refractivity contribution in [1.82, 2.24) is 5.32 Å². The molecular formula is C36H47NO10. The van der Waals surface area contributed by atoms with Crippen LogP contribution in [-0.4, -0.2) is 84.7 Å². The Balaban J connectivity index is 1.66. The molecule has 11 nitrogen and oxygen atoms in total. The van der Waals surface area contributed by atoms with Crippen LogP contribution in [0, 0.1) is 42.4 Å². The highest BCUT2D eigenvalue weighted by Gasteiger charge is 2.76. The van der Waals surface area contributed by atoms with Crippen LogP contribution in [0.4, 0.5) is 0 Å². The number of Topliss-reactive ketones (excluding diaryl/α,β-unsaturated/α-hetero) is 2. The minimum Gasteiger partial charge on any atom is -0.507 e. The lowest BCUT2D eigenvalue weighted by atomic mass is 9.47. The number of carbonyl (C=O) groups excluding carboxylic acids is 3. The number of carbonyl (C=O) groups is 3. The third-order valence-corrected chi connectivity index (χ3v) is 12.4. The zero-order chi connectivity index (χ0) is 34.9. The number of rotatable bonds is 0. The van der Waals surface area contributed by atoms with E-state index in [4.69, 9.17) is 9.47 Å². The average molecular weight is 654 g/mol. The Morgan fingerprint density at radius 1 is 0.830 bits per heavy atom. The molecule has 3 heterocycles. The first-order chi connectivity index (χ1) is 21.7. The van der Waals surface area contributed by atoms with Gasteiger partial charge in [0.2, 0.25) is 5.91 Å². The molecule has 1 unspecified atom stereocenters. The third-order valence-electron chi connectivity index (χ3n) is 12.4. The van der Waals surface area contributed by atoms with Crippen LogP contribution in [0.2, 0.25) is 0 Å². The molecule has 1 aromatic carbocycles. The fourth-order valence-corrected chi connectivity index (χ4v) is 9.73. The number of aliphatic hydroxyl groups excluding tert-OH is 1. The maximum absolute atomic E-state index is 14.6. The molecule has 3 aliphatic heterocycles. The van der Waals surface area contributed by atoms with Crippen molar-refractivity contribution in [3.63, 3.8) is 0 Å². The highest BCUT2D eigenvalue weighted by atomic mass is 16.5. The maximum Gasteiger partial charge on any atom is 0.247 e. The number of amides is 1. The van der Waals surface area contributed by atoms with Gasteiger partial charge in [0.05, 0.1) is 35.5 Å². The number of phenolic OH excluding ortho intramolecular Hbond substituents is 2. The topological polar surface area (TPSA) is 183 Å². The van der Waals surface area contributed by atoms with Gasteiger partial charge in [0.1, 0.15) is 34.3 Å². The van der Waals surface area contributed by atoms with Crippen LogP contribution in [0.3, 0.4) is 0 Å². The molecule has 1 aromatic rings. The summed E-state index contributed by atoms with van der Waals surface area (Å²) in [5.74, 6) is -6.99. The van der Waals surface area contributed by atoms with Crippen molar-refractivity contribution in [3.8, 4) is 11.5 Å². The molecule has 256 valence electrons. The van der Waals surface area contributed by atoms with Gasteiger partial charge < -0.3 is 40.3 Å².